The molecule has 0 aromatic carbocycles. The molecule has 0 aliphatic heterocycles. The molecule has 0 saturated carbocycles. The maximum Gasteiger partial charge on any atom is 0.408 e. The number of carboxylic acid groups (broad SMARTS) is 2. The second-order valence-corrected chi connectivity index (χ2v) is 7.41. The number of aliphatic carboxylic acids is 2. The second-order valence-electron chi connectivity index (χ2n) is 7.41. The third-order valence-corrected chi connectivity index (χ3v) is 2.21. The van der Waals surface area contributed by atoms with Gasteiger partial charge in [-0.25, -0.2) is 9.59 Å². The van der Waals surface area contributed by atoms with E-state index in [2.05, 4.69) is 10.6 Å². The van der Waals surface area contributed by atoms with Gasteiger partial charge in [0.1, 0.15) is 23.3 Å². The summed E-state index contributed by atoms with van der Waals surface area (Å²) < 4.78 is 9.69. The first-order chi connectivity index (χ1) is 11.4. The first-order valence-corrected chi connectivity index (χ1v) is 7.89. The number of carbonyl (C=O) groups is 4. The molecule has 0 heterocycles. The van der Waals surface area contributed by atoms with Crippen LogP contribution >= 0.6 is 0 Å². The minimum atomic E-state index is -1.09. The zero-order chi connectivity index (χ0) is 21.3. The Hall–Kier alpha value is -2.52. The minimum absolute atomic E-state index is 0.609. The molecule has 152 valence electrons. The van der Waals surface area contributed by atoms with E-state index in [1.54, 1.807) is 41.5 Å². The predicted octanol–water partition coefficient (Wildman–Crippen LogP) is 1.97. The fourth-order valence-corrected chi connectivity index (χ4v) is 1.09. The van der Waals surface area contributed by atoms with E-state index in [9.17, 15) is 19.2 Å². The van der Waals surface area contributed by atoms with Crippen molar-refractivity contribution in [2.24, 2.45) is 0 Å². The summed E-state index contributed by atoms with van der Waals surface area (Å²) in [4.78, 5) is 42.6. The van der Waals surface area contributed by atoms with Crippen molar-refractivity contribution in [1.82, 2.24) is 10.6 Å². The van der Waals surface area contributed by atoms with Gasteiger partial charge in [0.25, 0.3) is 0 Å². The van der Waals surface area contributed by atoms with Crippen LogP contribution in [-0.4, -0.2) is 57.6 Å². The number of carbonyl (C=O) groups excluding carboxylic acids is 2. The standard InChI is InChI=1S/2C8H15NO4/c2*1-5(6(10)11)9-7(12)13-8(2,3)4/h2*5H,1-4H3,(H,9,12)(H,10,11)/t2*5-/m00/s1. The fourth-order valence-electron chi connectivity index (χ4n) is 1.09. The van der Waals surface area contributed by atoms with Gasteiger partial charge in [0, 0.05) is 0 Å². The van der Waals surface area contributed by atoms with Crippen molar-refractivity contribution in [3.05, 3.63) is 0 Å². The highest BCUT2D eigenvalue weighted by Crippen LogP contribution is 2.07. The summed E-state index contributed by atoms with van der Waals surface area (Å²) in [5, 5.41) is 21.3. The van der Waals surface area contributed by atoms with Crippen LogP contribution in [0.5, 0.6) is 0 Å². The summed E-state index contributed by atoms with van der Waals surface area (Å²) in [7, 11) is 0. The molecule has 10 nitrogen and oxygen atoms in total. The summed E-state index contributed by atoms with van der Waals surface area (Å²) in [5.41, 5.74) is -1.22. The van der Waals surface area contributed by atoms with Crippen molar-refractivity contribution in [2.45, 2.75) is 78.7 Å². The number of nitrogens with one attached hydrogen (secondary N) is 2. The number of ether oxygens (including phenoxy) is 2. The highest BCUT2D eigenvalue weighted by Gasteiger charge is 2.21. The Balaban J connectivity index is 0. The van der Waals surface area contributed by atoms with Crippen LogP contribution in [-0.2, 0) is 19.1 Å². The maximum atomic E-state index is 11.0. The SMILES string of the molecule is C[C@H](NC(=O)OC(C)(C)C)C(=O)O.C[C@H](NC(=O)OC(C)(C)C)C(=O)O. The molecule has 0 spiro atoms. The average Bonchev–Trinajstić information content (AvgIpc) is 2.33. The molecule has 0 saturated heterocycles. The highest BCUT2D eigenvalue weighted by molar-refractivity contribution is 5.80. The van der Waals surface area contributed by atoms with E-state index in [-0.39, 0.29) is 0 Å². The first kappa shape index (κ1) is 25.7. The summed E-state index contributed by atoms with van der Waals surface area (Å²) in [5.74, 6) is -2.18. The highest BCUT2D eigenvalue weighted by atomic mass is 16.6. The first-order valence-electron chi connectivity index (χ1n) is 7.89. The van der Waals surface area contributed by atoms with Gasteiger partial charge < -0.3 is 30.3 Å². The third-order valence-electron chi connectivity index (χ3n) is 2.21. The summed E-state index contributed by atoms with van der Waals surface area (Å²) in [6.07, 6.45) is -1.44. The maximum absolute atomic E-state index is 11.0. The molecule has 2 atom stereocenters. The van der Waals surface area contributed by atoms with E-state index < -0.39 is 47.4 Å². The second kappa shape index (κ2) is 10.5. The van der Waals surface area contributed by atoms with Gasteiger partial charge in [0.15, 0.2) is 0 Å². The lowest BCUT2D eigenvalue weighted by molar-refractivity contribution is -0.139. The molecule has 26 heavy (non-hydrogen) atoms. The normalized spacial score (nSPS) is 13.2. The van der Waals surface area contributed by atoms with E-state index in [0.29, 0.717) is 0 Å². The van der Waals surface area contributed by atoms with E-state index in [0.717, 1.165) is 0 Å². The monoisotopic (exact) mass is 378 g/mol. The molecule has 0 aromatic rings. The van der Waals surface area contributed by atoms with Gasteiger partial charge in [0.05, 0.1) is 0 Å². The molecule has 4 N–H and O–H groups in total. The Kier molecular flexibility index (Phi) is 10.4. The van der Waals surface area contributed by atoms with Gasteiger partial charge in [-0.1, -0.05) is 0 Å². The summed E-state index contributed by atoms with van der Waals surface area (Å²) in [6.45, 7) is 13.0. The number of alkyl carbamates (subject to hydrolysis) is 2. The van der Waals surface area contributed by atoms with Crippen LogP contribution in [0.4, 0.5) is 9.59 Å². The van der Waals surface area contributed by atoms with Crippen molar-refractivity contribution in [3.63, 3.8) is 0 Å². The van der Waals surface area contributed by atoms with Crippen molar-refractivity contribution in [2.75, 3.05) is 0 Å². The molecule has 0 bridgehead atoms. The topological polar surface area (TPSA) is 151 Å². The lowest BCUT2D eigenvalue weighted by Gasteiger charge is -2.20. The van der Waals surface area contributed by atoms with Gasteiger partial charge in [0.2, 0.25) is 0 Å². The molecule has 2 amide bonds. The fraction of sp³-hybridized carbons (Fsp3) is 0.750. The Morgan fingerprint density at radius 2 is 0.923 bits per heavy atom. The quantitative estimate of drug-likeness (QED) is 0.579. The van der Waals surface area contributed by atoms with Crippen LogP contribution in [0.3, 0.4) is 0 Å². The number of rotatable bonds is 4. The summed E-state index contributed by atoms with van der Waals surface area (Å²) >= 11 is 0. The number of amides is 2. The number of hydrogen-bond donors (Lipinski definition) is 4. The Bertz CT molecular complexity index is 459. The number of hydrogen-bond acceptors (Lipinski definition) is 6. The molecular formula is C16H30N2O8. The molecular weight excluding hydrogens is 348 g/mol. The van der Waals surface area contributed by atoms with Gasteiger partial charge in [-0.3, -0.25) is 9.59 Å². The molecule has 0 unspecified atom stereocenters. The zero-order valence-corrected chi connectivity index (χ0v) is 16.5. The van der Waals surface area contributed by atoms with E-state index in [4.69, 9.17) is 19.7 Å². The van der Waals surface area contributed by atoms with E-state index in [1.807, 2.05) is 0 Å². The minimum Gasteiger partial charge on any atom is -0.480 e. The molecule has 10 heteroatoms. The van der Waals surface area contributed by atoms with Gasteiger partial charge in [-0.2, -0.15) is 0 Å². The Morgan fingerprint density at radius 3 is 1.08 bits per heavy atom. The molecule has 0 radical (unpaired) electrons. The largest absolute Gasteiger partial charge is 0.480 e. The van der Waals surface area contributed by atoms with Crippen LogP contribution in [0.15, 0.2) is 0 Å². The van der Waals surface area contributed by atoms with Crippen LogP contribution in [0.2, 0.25) is 0 Å². The van der Waals surface area contributed by atoms with Crippen molar-refractivity contribution in [1.29, 1.82) is 0 Å². The Morgan fingerprint density at radius 1 is 0.692 bits per heavy atom. The van der Waals surface area contributed by atoms with E-state index >= 15 is 0 Å². The lowest BCUT2D eigenvalue weighted by Crippen LogP contribution is -2.41. The van der Waals surface area contributed by atoms with Crippen LogP contribution in [0, 0.1) is 0 Å². The lowest BCUT2D eigenvalue weighted by atomic mass is 10.2. The molecule has 0 aliphatic rings. The van der Waals surface area contributed by atoms with Gasteiger partial charge in [-0.15, -0.1) is 0 Å². The molecule has 0 fully saturated rings. The predicted molar refractivity (Wildman–Crippen MR) is 92.9 cm³/mol. The van der Waals surface area contributed by atoms with Crippen LogP contribution in [0.1, 0.15) is 55.4 Å². The van der Waals surface area contributed by atoms with Crippen molar-refractivity contribution < 1.29 is 38.9 Å². The zero-order valence-electron chi connectivity index (χ0n) is 16.5. The van der Waals surface area contributed by atoms with Gasteiger partial charge in [-0.05, 0) is 55.4 Å². The molecule has 0 rings (SSSR count). The van der Waals surface area contributed by atoms with Gasteiger partial charge >= 0.3 is 24.1 Å². The third kappa shape index (κ3) is 16.3. The van der Waals surface area contributed by atoms with E-state index in [1.165, 1.54) is 13.8 Å². The van der Waals surface area contributed by atoms with Crippen LogP contribution in [0.25, 0.3) is 0 Å². The van der Waals surface area contributed by atoms with Crippen molar-refractivity contribution in [3.8, 4) is 0 Å². The summed E-state index contributed by atoms with van der Waals surface area (Å²) in [6, 6.07) is -1.87. The van der Waals surface area contributed by atoms with Crippen molar-refractivity contribution >= 4 is 24.1 Å². The molecule has 0 aromatic heterocycles. The Labute approximate surface area is 153 Å². The van der Waals surface area contributed by atoms with Crippen LogP contribution < -0.4 is 10.6 Å². The average molecular weight is 378 g/mol. The number of carboxylic acids is 2. The molecule has 0 aliphatic carbocycles. The smallest absolute Gasteiger partial charge is 0.408 e.